The predicted molar refractivity (Wildman–Crippen MR) is 96.9 cm³/mol. The van der Waals surface area contributed by atoms with Gasteiger partial charge < -0.3 is 14.2 Å². The smallest absolute Gasteiger partial charge is 0.344 e. The summed E-state index contributed by atoms with van der Waals surface area (Å²) < 4.78 is 16.0. The molecule has 0 radical (unpaired) electrons. The second kappa shape index (κ2) is 6.73. The Morgan fingerprint density at radius 2 is 1.89 bits per heavy atom. The van der Waals surface area contributed by atoms with Crippen LogP contribution >= 0.6 is 0 Å². The Morgan fingerprint density at radius 3 is 2.63 bits per heavy atom. The number of carbonyl (C=O) groups excluding carboxylic acids is 1. The van der Waals surface area contributed by atoms with Crippen LogP contribution in [-0.2, 0) is 11.3 Å². The lowest BCUT2D eigenvalue weighted by Gasteiger charge is -2.14. The van der Waals surface area contributed by atoms with Crippen molar-refractivity contribution < 1.29 is 19.0 Å². The highest BCUT2D eigenvalue weighted by Crippen LogP contribution is 2.41. The fraction of sp³-hybridized carbons (Fsp3) is 0.211. The number of cyclic esters (lactones) is 1. The molecule has 0 spiro atoms. The molecule has 4 rings (SSSR count). The van der Waals surface area contributed by atoms with Crippen molar-refractivity contribution in [1.82, 2.24) is 15.5 Å². The van der Waals surface area contributed by atoms with Crippen LogP contribution < -0.4 is 20.3 Å². The third kappa shape index (κ3) is 2.80. The molecule has 3 aromatic rings. The number of rotatable bonds is 5. The minimum Gasteiger partial charge on any atom is -0.493 e. The number of ether oxygens (including phenoxy) is 3. The van der Waals surface area contributed by atoms with Crippen LogP contribution in [0.5, 0.6) is 11.5 Å². The molecule has 1 aliphatic heterocycles. The summed E-state index contributed by atoms with van der Waals surface area (Å²) in [5, 5.41) is 11.1. The Kier molecular flexibility index (Phi) is 4.25. The van der Waals surface area contributed by atoms with Gasteiger partial charge in [-0.05, 0) is 18.2 Å². The molecule has 0 amide bonds. The van der Waals surface area contributed by atoms with Crippen molar-refractivity contribution in [2.75, 3.05) is 14.2 Å². The van der Waals surface area contributed by atoms with Crippen molar-refractivity contribution in [2.24, 2.45) is 0 Å². The van der Waals surface area contributed by atoms with Crippen molar-refractivity contribution in [2.45, 2.75) is 12.8 Å². The van der Waals surface area contributed by atoms with E-state index in [2.05, 4.69) is 15.5 Å². The van der Waals surface area contributed by atoms with Crippen molar-refractivity contribution in [3.8, 4) is 11.5 Å². The maximum Gasteiger partial charge on any atom is 0.344 e. The lowest BCUT2D eigenvalue weighted by Crippen LogP contribution is -2.23. The number of hydrogen-bond donors (Lipinski definition) is 2. The number of aromatic nitrogens is 2. The molecule has 2 heterocycles. The normalized spacial score (nSPS) is 15.5. The second-order valence-corrected chi connectivity index (χ2v) is 5.98. The van der Waals surface area contributed by atoms with Gasteiger partial charge in [0.15, 0.2) is 17.7 Å². The summed E-state index contributed by atoms with van der Waals surface area (Å²) in [6.45, 7) is 0.295. The molecule has 8 nitrogen and oxygen atoms in total. The summed E-state index contributed by atoms with van der Waals surface area (Å²) in [5.41, 5.74) is 1.40. The third-order valence-corrected chi connectivity index (χ3v) is 4.52. The highest BCUT2D eigenvalue weighted by atomic mass is 16.6. The van der Waals surface area contributed by atoms with E-state index >= 15 is 0 Å². The molecule has 0 aliphatic carbocycles. The summed E-state index contributed by atoms with van der Waals surface area (Å²) in [5.74, 6) is 0.316. The van der Waals surface area contributed by atoms with Crippen molar-refractivity contribution in [3.63, 3.8) is 0 Å². The monoisotopic (exact) mass is 367 g/mol. The zero-order chi connectivity index (χ0) is 19.0. The fourth-order valence-electron chi connectivity index (χ4n) is 3.25. The molecule has 1 aromatic heterocycles. The first kappa shape index (κ1) is 17.0. The van der Waals surface area contributed by atoms with Gasteiger partial charge in [-0.15, -0.1) is 0 Å². The number of nitrogens with zero attached hydrogens (tertiary/aromatic N) is 1. The van der Waals surface area contributed by atoms with E-state index in [4.69, 9.17) is 14.2 Å². The Balaban J connectivity index is 1.65. The molecule has 1 atom stereocenters. The lowest BCUT2D eigenvalue weighted by atomic mass is 10.1. The number of aromatic amines is 1. The molecule has 2 aromatic carbocycles. The molecule has 0 bridgehead atoms. The first-order chi connectivity index (χ1) is 13.1. The zero-order valence-corrected chi connectivity index (χ0v) is 14.7. The fourth-order valence-corrected chi connectivity index (χ4v) is 3.25. The van der Waals surface area contributed by atoms with Crippen LogP contribution in [0, 0.1) is 0 Å². The van der Waals surface area contributed by atoms with Gasteiger partial charge in [-0.1, -0.05) is 18.2 Å². The molecular weight excluding hydrogens is 350 g/mol. The van der Waals surface area contributed by atoms with E-state index in [-0.39, 0.29) is 5.56 Å². The number of hydrogen-bond acceptors (Lipinski definition) is 7. The van der Waals surface area contributed by atoms with E-state index in [0.29, 0.717) is 40.3 Å². The lowest BCUT2D eigenvalue weighted by molar-refractivity contribution is 0.0301. The molecule has 2 N–H and O–H groups in total. The van der Waals surface area contributed by atoms with Crippen LogP contribution in [0.4, 0.5) is 0 Å². The maximum absolute atomic E-state index is 12.3. The largest absolute Gasteiger partial charge is 0.493 e. The molecule has 8 heteroatoms. The van der Waals surface area contributed by atoms with Gasteiger partial charge in [0.25, 0.3) is 5.56 Å². The Morgan fingerprint density at radius 1 is 1.11 bits per heavy atom. The Hall–Kier alpha value is -3.39. The van der Waals surface area contributed by atoms with Gasteiger partial charge in [-0.3, -0.25) is 10.1 Å². The number of fused-ring (bicyclic) bond motifs is 2. The molecule has 1 unspecified atom stereocenters. The van der Waals surface area contributed by atoms with Gasteiger partial charge in [0.05, 0.1) is 25.3 Å². The molecule has 0 saturated heterocycles. The first-order valence-electron chi connectivity index (χ1n) is 8.29. The van der Waals surface area contributed by atoms with E-state index in [1.54, 1.807) is 24.3 Å². The van der Waals surface area contributed by atoms with Gasteiger partial charge in [0.1, 0.15) is 5.56 Å². The van der Waals surface area contributed by atoms with Crippen molar-refractivity contribution in [3.05, 3.63) is 63.6 Å². The van der Waals surface area contributed by atoms with E-state index in [9.17, 15) is 9.59 Å². The first-order valence-corrected chi connectivity index (χ1v) is 8.29. The predicted octanol–water partition coefficient (Wildman–Crippen LogP) is 1.90. The number of benzene rings is 2. The van der Waals surface area contributed by atoms with Gasteiger partial charge >= 0.3 is 5.97 Å². The minimum absolute atomic E-state index is 0.246. The van der Waals surface area contributed by atoms with Crippen LogP contribution in [0.1, 0.15) is 27.8 Å². The van der Waals surface area contributed by atoms with Crippen molar-refractivity contribution >= 4 is 16.7 Å². The highest BCUT2D eigenvalue weighted by molar-refractivity contribution is 5.98. The number of methoxy groups -OCH3 is 2. The summed E-state index contributed by atoms with van der Waals surface area (Å²) in [6.07, 6.45) is -0.653. The van der Waals surface area contributed by atoms with Crippen LogP contribution in [0.15, 0.2) is 41.2 Å². The van der Waals surface area contributed by atoms with Gasteiger partial charge in [0.2, 0.25) is 0 Å². The summed E-state index contributed by atoms with van der Waals surface area (Å²) in [6, 6.07) is 10.7. The van der Waals surface area contributed by atoms with E-state index in [0.717, 1.165) is 5.39 Å². The topological polar surface area (TPSA) is 103 Å². The van der Waals surface area contributed by atoms with E-state index in [1.807, 2.05) is 12.1 Å². The quantitative estimate of drug-likeness (QED) is 0.664. The molecule has 0 saturated carbocycles. The summed E-state index contributed by atoms with van der Waals surface area (Å²) in [7, 11) is 2.98. The molecule has 0 fully saturated rings. The van der Waals surface area contributed by atoms with Gasteiger partial charge in [0, 0.05) is 17.5 Å². The van der Waals surface area contributed by atoms with Crippen LogP contribution in [0.3, 0.4) is 0 Å². The second-order valence-electron chi connectivity index (χ2n) is 5.98. The van der Waals surface area contributed by atoms with Gasteiger partial charge in [-0.2, -0.15) is 5.10 Å². The van der Waals surface area contributed by atoms with Crippen LogP contribution in [0.2, 0.25) is 0 Å². The number of nitrogens with one attached hydrogen (secondary N) is 2. The number of esters is 1. The van der Waals surface area contributed by atoms with Crippen molar-refractivity contribution in [1.29, 1.82) is 0 Å². The molecule has 138 valence electrons. The number of carbonyl (C=O) groups is 1. The third-order valence-electron chi connectivity index (χ3n) is 4.52. The minimum atomic E-state index is -0.653. The average Bonchev–Trinajstić information content (AvgIpc) is 3.03. The van der Waals surface area contributed by atoms with E-state index < -0.39 is 12.2 Å². The average molecular weight is 367 g/mol. The van der Waals surface area contributed by atoms with Crippen LogP contribution in [-0.4, -0.2) is 30.4 Å². The SMILES string of the molecule is COc1ccc2c(c1OC)C(=O)OC2NCc1n[nH]c(=O)c2ccccc12. The molecular formula is C19H17N3O5. The standard InChI is InChI=1S/C19H17N3O5/c1-25-14-8-7-12-15(16(14)26-2)19(24)27-18(12)20-9-13-10-5-3-4-6-11(10)17(23)22-21-13/h3-8,18,20H,9H2,1-2H3,(H,22,23). The Labute approximate surface area is 154 Å². The van der Waals surface area contributed by atoms with Crippen LogP contribution in [0.25, 0.3) is 10.8 Å². The molecule has 1 aliphatic rings. The Bertz CT molecular complexity index is 1090. The summed E-state index contributed by atoms with van der Waals surface area (Å²) >= 11 is 0. The van der Waals surface area contributed by atoms with Gasteiger partial charge in [-0.25, -0.2) is 9.89 Å². The maximum atomic E-state index is 12.3. The number of H-pyrrole nitrogens is 1. The zero-order valence-electron chi connectivity index (χ0n) is 14.7. The highest BCUT2D eigenvalue weighted by Gasteiger charge is 2.35. The molecule has 27 heavy (non-hydrogen) atoms. The van der Waals surface area contributed by atoms with E-state index in [1.165, 1.54) is 14.2 Å². The summed E-state index contributed by atoms with van der Waals surface area (Å²) in [4.78, 5) is 24.2.